The molecule has 584 valence electrons. The van der Waals surface area contributed by atoms with E-state index in [9.17, 15) is 0 Å². The van der Waals surface area contributed by atoms with E-state index in [0.717, 1.165) is 30.4 Å². The first-order valence-electron chi connectivity index (χ1n) is 42.8. The number of hydrogen-bond donors (Lipinski definition) is 0. The highest BCUT2D eigenvalue weighted by Gasteiger charge is 2.32. The Kier molecular flexibility index (Phi) is 17.4. The fourth-order valence-electron chi connectivity index (χ4n) is 20.0. The molecule has 16 aromatic carbocycles. The smallest absolute Gasteiger partial charge is 0.139 e. The minimum absolute atomic E-state index is 0.0184. The molecule has 120 heavy (non-hydrogen) atoms. The zero-order valence-corrected chi connectivity index (χ0v) is 70.7. The van der Waals surface area contributed by atoms with Gasteiger partial charge in [-0.25, -0.2) is 0 Å². The summed E-state index contributed by atoms with van der Waals surface area (Å²) in [6.07, 6.45) is 3.08. The van der Waals surface area contributed by atoms with E-state index in [4.69, 9.17) is 4.42 Å². The monoisotopic (exact) mass is 1550 g/mol. The molecule has 0 saturated heterocycles. The molecule has 3 aliphatic carbocycles. The van der Waals surface area contributed by atoms with E-state index in [1.165, 1.54) is 210 Å². The number of rotatable bonds is 4. The molecule has 0 amide bonds. The van der Waals surface area contributed by atoms with Crippen LogP contribution in [0, 0.1) is 0 Å². The summed E-state index contributed by atoms with van der Waals surface area (Å²) in [4.78, 5) is 0. The maximum absolute atomic E-state index is 6.47. The third kappa shape index (κ3) is 12.2. The summed E-state index contributed by atoms with van der Waals surface area (Å²) >= 11 is 0. The zero-order chi connectivity index (χ0) is 81.8. The average Bonchev–Trinajstić information content (AvgIpc) is 1.57. The van der Waals surface area contributed by atoms with Crippen molar-refractivity contribution in [3.05, 3.63) is 395 Å². The third-order valence-corrected chi connectivity index (χ3v) is 25.8. The van der Waals surface area contributed by atoms with Crippen LogP contribution in [0.2, 0.25) is 0 Å². The van der Waals surface area contributed by atoms with Crippen molar-refractivity contribution < 1.29 is 4.42 Å². The summed E-state index contributed by atoms with van der Waals surface area (Å²) in [6.45, 7) is 27.4. The van der Waals surface area contributed by atoms with Gasteiger partial charge in [0.15, 0.2) is 0 Å². The van der Waals surface area contributed by atoms with Gasteiger partial charge in [0.2, 0.25) is 0 Å². The van der Waals surface area contributed by atoms with Gasteiger partial charge in [0, 0.05) is 82.2 Å². The Hall–Kier alpha value is -13.5. The topological polar surface area (TPSA) is 32.9 Å². The molecule has 5 heteroatoms. The molecule has 24 rings (SSSR count). The molecule has 5 nitrogen and oxygen atoms in total. The second-order valence-corrected chi connectivity index (χ2v) is 37.5. The predicted octanol–water partition coefficient (Wildman–Crippen LogP) is 30.9. The Morgan fingerprint density at radius 3 is 0.967 bits per heavy atom. The summed E-state index contributed by atoms with van der Waals surface area (Å²) in [6, 6.07) is 124. The van der Waals surface area contributed by atoms with Crippen LogP contribution in [0.3, 0.4) is 0 Å². The van der Waals surface area contributed by atoms with E-state index < -0.39 is 0 Å². The van der Waals surface area contributed by atoms with Crippen LogP contribution < -0.4 is 0 Å². The van der Waals surface area contributed by atoms with Crippen LogP contribution in [0.1, 0.15) is 139 Å². The summed E-state index contributed by atoms with van der Waals surface area (Å²) < 4.78 is 16.1. The maximum Gasteiger partial charge on any atom is 0.139 e. The second kappa shape index (κ2) is 28.1. The van der Waals surface area contributed by atoms with E-state index in [-0.39, 0.29) is 21.7 Å². The molecular weight excluding hydrogens is 1450 g/mol. The molecule has 0 radical (unpaired) electrons. The Balaban J connectivity index is 0.0000000990. The normalized spacial score (nSPS) is 12.9. The van der Waals surface area contributed by atoms with Gasteiger partial charge >= 0.3 is 0 Å². The van der Waals surface area contributed by atoms with Gasteiger partial charge in [-0.3, -0.25) is 0 Å². The average molecular weight is 1550 g/mol. The summed E-state index contributed by atoms with van der Waals surface area (Å²) in [5.74, 6) is 0. The number of nitrogens with zero attached hydrogens (tertiary/aromatic N) is 4. The van der Waals surface area contributed by atoms with Crippen molar-refractivity contribution in [2.75, 3.05) is 0 Å². The van der Waals surface area contributed by atoms with Crippen LogP contribution in [0.25, 0.3) is 165 Å². The standard InChI is InChI=1S/3C29H25N.C28H23NO/c2*1-29(2,3)21-14-16-25-24(18-21)28-26(30(25)22-10-5-4-6-11-22)15-13-20-17-19-9-7-8-12-23(19)27(20)28;1-29(2,3)21-15-13-19-17-20-14-16-26-28(27(20)24(19)18-21)23-11-7-8-12-25(23)30(26)22-9-5-4-6-10-22;1-28(2,3)21-14-9-13-20-26-24(30-27(20)21)17-16-23-25(26)19-12-7-8-15-22(19)29(23)18-10-5-4-6-11-18/h3*4-16,18H,17H2,1-3H3;4-17H,1-3H3. The zero-order valence-electron chi connectivity index (χ0n) is 70.7. The van der Waals surface area contributed by atoms with Crippen molar-refractivity contribution in [3.63, 3.8) is 0 Å². The van der Waals surface area contributed by atoms with E-state index in [1.807, 2.05) is 0 Å². The van der Waals surface area contributed by atoms with Gasteiger partial charge in [0.25, 0.3) is 0 Å². The van der Waals surface area contributed by atoms with Crippen molar-refractivity contribution in [2.24, 2.45) is 0 Å². The molecule has 5 heterocycles. The van der Waals surface area contributed by atoms with E-state index in [0.29, 0.717) is 0 Å². The van der Waals surface area contributed by atoms with Gasteiger partial charge in [-0.2, -0.15) is 0 Å². The van der Waals surface area contributed by atoms with Gasteiger partial charge < -0.3 is 22.7 Å². The molecule has 0 N–H and O–H groups in total. The van der Waals surface area contributed by atoms with Crippen molar-refractivity contribution in [3.8, 4) is 56.1 Å². The summed E-state index contributed by atoms with van der Waals surface area (Å²) in [7, 11) is 0. The molecule has 0 aliphatic heterocycles. The van der Waals surface area contributed by atoms with Crippen LogP contribution in [0.15, 0.2) is 344 Å². The highest BCUT2D eigenvalue weighted by atomic mass is 16.3. The molecule has 0 saturated carbocycles. The number of furan rings is 1. The number of hydrogen-bond acceptors (Lipinski definition) is 1. The number of benzene rings is 16. The Morgan fingerprint density at radius 2 is 0.533 bits per heavy atom. The minimum Gasteiger partial charge on any atom is -0.456 e. The number of fused-ring (bicyclic) bond motifs is 28. The highest BCUT2D eigenvalue weighted by Crippen LogP contribution is 2.52. The van der Waals surface area contributed by atoms with E-state index >= 15 is 0 Å². The van der Waals surface area contributed by atoms with Gasteiger partial charge in [0.05, 0.1) is 44.1 Å². The molecule has 0 atom stereocenters. The van der Waals surface area contributed by atoms with Gasteiger partial charge in [0.1, 0.15) is 11.2 Å². The number of para-hydroxylation sites is 7. The first kappa shape index (κ1) is 74.1. The second-order valence-electron chi connectivity index (χ2n) is 37.5. The van der Waals surface area contributed by atoms with Crippen LogP contribution in [-0.4, -0.2) is 18.3 Å². The van der Waals surface area contributed by atoms with Crippen molar-refractivity contribution >= 4 is 109 Å². The molecule has 3 aliphatic rings. The van der Waals surface area contributed by atoms with Crippen LogP contribution in [-0.2, 0) is 40.9 Å². The fourth-order valence-corrected chi connectivity index (χ4v) is 20.0. The molecule has 5 aromatic heterocycles. The lowest BCUT2D eigenvalue weighted by molar-refractivity contribution is 0.573. The summed E-state index contributed by atoms with van der Waals surface area (Å²) in [5.41, 5.74) is 39.8. The minimum atomic E-state index is 0.0184. The van der Waals surface area contributed by atoms with Crippen LogP contribution >= 0.6 is 0 Å². The fraction of sp³-hybridized carbons (Fsp3) is 0.165. The van der Waals surface area contributed by atoms with Gasteiger partial charge in [-0.1, -0.05) is 308 Å². The van der Waals surface area contributed by atoms with Crippen molar-refractivity contribution in [2.45, 2.75) is 124 Å². The predicted molar refractivity (Wildman–Crippen MR) is 510 cm³/mol. The Bertz CT molecular complexity index is 7450. The van der Waals surface area contributed by atoms with Gasteiger partial charge in [-0.15, -0.1) is 0 Å². The molecule has 0 spiro atoms. The molecule has 0 fully saturated rings. The first-order chi connectivity index (χ1) is 58.1. The lowest BCUT2D eigenvalue weighted by atomic mass is 9.85. The lowest BCUT2D eigenvalue weighted by Gasteiger charge is -2.20. The summed E-state index contributed by atoms with van der Waals surface area (Å²) in [5, 5.41) is 13.1. The first-order valence-corrected chi connectivity index (χ1v) is 42.8. The molecular formula is C115H98N4O. The Labute approximate surface area is 702 Å². The highest BCUT2D eigenvalue weighted by molar-refractivity contribution is 6.28. The molecule has 21 aromatic rings. The maximum atomic E-state index is 6.47. The van der Waals surface area contributed by atoms with E-state index in [1.54, 1.807) is 0 Å². The van der Waals surface area contributed by atoms with Crippen molar-refractivity contribution in [1.29, 1.82) is 0 Å². The SMILES string of the molecule is CC(C)(C)c1ccc2c(c1)-c1c(ccc3c1c1ccccc1n3-c1ccccc1)C2.CC(C)(C)c1ccc2c(c1)c1c3c(ccc1n2-c1ccccc1)Cc1ccccc1-3.CC(C)(C)c1ccc2c(c1)c1c3c(ccc1n2-c1ccccc1)Cc1ccccc1-3.CC(C)(C)c1cccc2c1oc1ccc3c(c4ccccc4n3-c3ccccc3)c12. The lowest BCUT2D eigenvalue weighted by Crippen LogP contribution is -2.10. The van der Waals surface area contributed by atoms with Crippen molar-refractivity contribution in [1.82, 2.24) is 18.3 Å². The largest absolute Gasteiger partial charge is 0.456 e. The Morgan fingerprint density at radius 1 is 0.217 bits per heavy atom. The van der Waals surface area contributed by atoms with Crippen LogP contribution in [0.5, 0.6) is 0 Å². The molecule has 0 bridgehead atoms. The number of aromatic nitrogens is 4. The quantitative estimate of drug-likeness (QED) is 0.173. The van der Waals surface area contributed by atoms with Crippen LogP contribution in [0.4, 0.5) is 0 Å². The third-order valence-electron chi connectivity index (χ3n) is 25.8. The van der Waals surface area contributed by atoms with Gasteiger partial charge in [-0.05, 0) is 240 Å². The van der Waals surface area contributed by atoms with E-state index in [2.05, 4.69) is 441 Å². The molecule has 0 unspecified atom stereocenters.